The molecule has 0 aliphatic carbocycles. The van der Waals surface area contributed by atoms with Gasteiger partial charge in [-0.05, 0) is 74.7 Å². The average molecular weight is 554 g/mol. The van der Waals surface area contributed by atoms with Crippen molar-refractivity contribution in [1.82, 2.24) is 10.2 Å². The molecule has 0 bridgehead atoms. The Morgan fingerprint density at radius 1 is 0.949 bits per heavy atom. The molecule has 208 valence electrons. The van der Waals surface area contributed by atoms with Crippen LogP contribution >= 0.6 is 0 Å². The van der Waals surface area contributed by atoms with Crippen LogP contribution in [0.1, 0.15) is 43.4 Å². The Bertz CT molecular complexity index is 1380. The zero-order chi connectivity index (χ0) is 28.6. The van der Waals surface area contributed by atoms with Crippen molar-refractivity contribution < 1.29 is 22.4 Å². The molecule has 0 saturated heterocycles. The van der Waals surface area contributed by atoms with Gasteiger partial charge in [0.1, 0.15) is 18.4 Å². The number of hydrogen-bond acceptors (Lipinski definition) is 4. The minimum atomic E-state index is -4.24. The number of nitrogens with one attached hydrogen (secondary N) is 1. The maximum absolute atomic E-state index is 13.9. The highest BCUT2D eigenvalue weighted by molar-refractivity contribution is 7.92. The molecule has 2 amide bonds. The monoisotopic (exact) mass is 553 g/mol. The minimum absolute atomic E-state index is 0.131. The van der Waals surface area contributed by atoms with Gasteiger partial charge in [0, 0.05) is 13.1 Å². The van der Waals surface area contributed by atoms with E-state index in [2.05, 4.69) is 5.32 Å². The summed E-state index contributed by atoms with van der Waals surface area (Å²) in [4.78, 5) is 28.2. The summed E-state index contributed by atoms with van der Waals surface area (Å²) < 4.78 is 42.0. The minimum Gasteiger partial charge on any atom is -0.354 e. The molecule has 0 heterocycles. The van der Waals surface area contributed by atoms with Gasteiger partial charge in [-0.15, -0.1) is 0 Å². The lowest BCUT2D eigenvalue weighted by atomic mass is 10.1. The van der Waals surface area contributed by atoms with Gasteiger partial charge in [-0.2, -0.15) is 0 Å². The van der Waals surface area contributed by atoms with Gasteiger partial charge < -0.3 is 10.2 Å². The van der Waals surface area contributed by atoms with Crippen molar-refractivity contribution in [3.05, 3.63) is 95.3 Å². The molecule has 1 N–H and O–H groups in total. The van der Waals surface area contributed by atoms with Gasteiger partial charge in [0.25, 0.3) is 10.0 Å². The van der Waals surface area contributed by atoms with E-state index >= 15 is 0 Å². The third kappa shape index (κ3) is 7.66. The summed E-state index contributed by atoms with van der Waals surface area (Å²) in [6, 6.07) is 17.9. The largest absolute Gasteiger partial charge is 0.354 e. The Hall–Kier alpha value is -3.72. The molecule has 3 aromatic rings. The molecule has 0 unspecified atom stereocenters. The molecular formula is C30H36FN3O4S. The van der Waals surface area contributed by atoms with Crippen molar-refractivity contribution in [2.45, 2.75) is 58.0 Å². The fraction of sp³-hybridized carbons (Fsp3) is 0.333. The summed E-state index contributed by atoms with van der Waals surface area (Å²) >= 11 is 0. The Labute approximate surface area is 230 Å². The first-order chi connectivity index (χ1) is 18.5. The van der Waals surface area contributed by atoms with E-state index in [1.165, 1.54) is 17.0 Å². The predicted molar refractivity (Wildman–Crippen MR) is 151 cm³/mol. The summed E-state index contributed by atoms with van der Waals surface area (Å²) in [6.07, 6.45) is 1.72. The number of amides is 2. The van der Waals surface area contributed by atoms with Crippen molar-refractivity contribution in [3.8, 4) is 0 Å². The number of benzene rings is 3. The Balaban J connectivity index is 2.00. The summed E-state index contributed by atoms with van der Waals surface area (Å²) in [5.74, 6) is -1.42. The van der Waals surface area contributed by atoms with Gasteiger partial charge in [0.15, 0.2) is 0 Å². The third-order valence-electron chi connectivity index (χ3n) is 6.60. The van der Waals surface area contributed by atoms with Gasteiger partial charge in [0.05, 0.1) is 10.6 Å². The molecular weight excluding hydrogens is 517 g/mol. The lowest BCUT2D eigenvalue weighted by Gasteiger charge is -2.32. The first-order valence-electron chi connectivity index (χ1n) is 13.0. The highest BCUT2D eigenvalue weighted by Gasteiger charge is 2.32. The molecule has 0 spiro atoms. The highest BCUT2D eigenvalue weighted by Crippen LogP contribution is 2.25. The molecule has 0 aromatic heterocycles. The summed E-state index contributed by atoms with van der Waals surface area (Å²) in [5.41, 5.74) is 3.00. The average Bonchev–Trinajstić information content (AvgIpc) is 2.91. The molecule has 0 saturated carbocycles. The van der Waals surface area contributed by atoms with E-state index in [4.69, 9.17) is 0 Å². The molecule has 3 rings (SSSR count). The number of nitrogens with zero attached hydrogens (tertiary/aromatic N) is 2. The fourth-order valence-electron chi connectivity index (χ4n) is 4.06. The number of aryl methyl sites for hydroxylation is 2. The quantitative estimate of drug-likeness (QED) is 0.321. The summed E-state index contributed by atoms with van der Waals surface area (Å²) in [5, 5.41) is 2.87. The van der Waals surface area contributed by atoms with E-state index in [0.717, 1.165) is 46.0 Å². The fourth-order valence-corrected chi connectivity index (χ4v) is 5.48. The van der Waals surface area contributed by atoms with Gasteiger partial charge in [-0.25, -0.2) is 12.8 Å². The van der Waals surface area contributed by atoms with E-state index in [1.54, 1.807) is 31.2 Å². The molecule has 1 atom stereocenters. The van der Waals surface area contributed by atoms with Crippen molar-refractivity contribution >= 4 is 27.5 Å². The Morgan fingerprint density at radius 2 is 1.59 bits per heavy atom. The van der Waals surface area contributed by atoms with Crippen LogP contribution in [0.5, 0.6) is 0 Å². The topological polar surface area (TPSA) is 86.8 Å². The van der Waals surface area contributed by atoms with Crippen molar-refractivity contribution in [2.75, 3.05) is 17.4 Å². The van der Waals surface area contributed by atoms with Crippen molar-refractivity contribution in [1.29, 1.82) is 0 Å². The molecule has 39 heavy (non-hydrogen) atoms. The first-order valence-corrected chi connectivity index (χ1v) is 14.4. The van der Waals surface area contributed by atoms with Crippen LogP contribution in [0.3, 0.4) is 0 Å². The molecule has 0 fully saturated rings. The van der Waals surface area contributed by atoms with Crippen LogP contribution in [0.2, 0.25) is 0 Å². The van der Waals surface area contributed by atoms with Gasteiger partial charge >= 0.3 is 0 Å². The molecule has 0 aliphatic heterocycles. The Kier molecular flexibility index (Phi) is 10.2. The van der Waals surface area contributed by atoms with Gasteiger partial charge in [-0.1, -0.05) is 55.3 Å². The second-order valence-corrected chi connectivity index (χ2v) is 11.4. The third-order valence-corrected chi connectivity index (χ3v) is 8.39. The first kappa shape index (κ1) is 29.8. The lowest BCUT2D eigenvalue weighted by Crippen LogP contribution is -2.51. The van der Waals surface area contributed by atoms with Crippen LogP contribution in [0.25, 0.3) is 0 Å². The lowest BCUT2D eigenvalue weighted by molar-refractivity contribution is -0.139. The molecule has 7 nitrogen and oxygen atoms in total. The predicted octanol–water partition coefficient (Wildman–Crippen LogP) is 4.97. The second kappa shape index (κ2) is 13.4. The van der Waals surface area contributed by atoms with E-state index < -0.39 is 34.3 Å². The number of anilines is 1. The van der Waals surface area contributed by atoms with Crippen molar-refractivity contribution in [2.24, 2.45) is 0 Å². The zero-order valence-electron chi connectivity index (χ0n) is 22.9. The zero-order valence-corrected chi connectivity index (χ0v) is 23.7. The summed E-state index contributed by atoms with van der Waals surface area (Å²) in [6.45, 7) is 7.53. The van der Waals surface area contributed by atoms with E-state index in [9.17, 15) is 22.4 Å². The summed E-state index contributed by atoms with van der Waals surface area (Å²) in [7, 11) is -4.24. The number of sulfonamides is 1. The highest BCUT2D eigenvalue weighted by atomic mass is 32.2. The van der Waals surface area contributed by atoms with Crippen molar-refractivity contribution in [3.63, 3.8) is 0 Å². The van der Waals surface area contributed by atoms with E-state index in [-0.39, 0.29) is 23.0 Å². The number of halogens is 1. The number of hydrogen-bond donors (Lipinski definition) is 1. The number of rotatable bonds is 12. The van der Waals surface area contributed by atoms with Gasteiger partial charge in [0.2, 0.25) is 11.8 Å². The number of carbonyl (C=O) groups is 2. The van der Waals surface area contributed by atoms with E-state index in [0.29, 0.717) is 6.54 Å². The second-order valence-electron chi connectivity index (χ2n) is 9.57. The van der Waals surface area contributed by atoms with Crippen LogP contribution in [-0.2, 0) is 26.2 Å². The maximum atomic E-state index is 13.9. The van der Waals surface area contributed by atoms with Crippen LogP contribution in [0.4, 0.5) is 10.1 Å². The SMILES string of the molecule is CCCCNC(=O)[C@H](C)N(Cc1ccccc1C)C(=O)CN(c1ccc(C)cc1)S(=O)(=O)c1ccc(F)cc1. The number of unbranched alkanes of at least 4 members (excludes halogenated alkanes) is 1. The normalized spacial score (nSPS) is 12.0. The van der Waals surface area contributed by atoms with E-state index in [1.807, 2.05) is 45.0 Å². The molecule has 0 radical (unpaired) electrons. The van der Waals surface area contributed by atoms with Gasteiger partial charge in [-0.3, -0.25) is 13.9 Å². The number of carbonyl (C=O) groups excluding carboxylic acids is 2. The molecule has 3 aromatic carbocycles. The molecule has 0 aliphatic rings. The smallest absolute Gasteiger partial charge is 0.264 e. The maximum Gasteiger partial charge on any atom is 0.264 e. The molecule has 9 heteroatoms. The van der Waals surface area contributed by atoms with Crippen LogP contribution in [0.15, 0.2) is 77.7 Å². The van der Waals surface area contributed by atoms with Crippen LogP contribution < -0.4 is 9.62 Å². The van der Waals surface area contributed by atoms with Crippen LogP contribution in [0, 0.1) is 19.7 Å². The standard InChI is InChI=1S/C30H36FN3O4S/c1-5-6-19-32-30(36)24(4)33(20-25-10-8-7-9-23(25)3)29(35)21-34(27-15-11-22(2)12-16-27)39(37,38)28-17-13-26(31)14-18-28/h7-18,24H,5-6,19-21H2,1-4H3,(H,32,36)/t24-/m0/s1. The van der Waals surface area contributed by atoms with Crippen LogP contribution in [-0.4, -0.2) is 44.3 Å². The Morgan fingerprint density at radius 3 is 2.21 bits per heavy atom.